The molecular formula is C23H24N2O7. The van der Waals surface area contributed by atoms with E-state index < -0.39 is 29.6 Å². The normalized spacial score (nSPS) is 19.1. The Kier molecular flexibility index (Phi) is 6.38. The highest BCUT2D eigenvalue weighted by Gasteiger charge is 2.52. The third-order valence-electron chi connectivity index (χ3n) is 5.48. The zero-order valence-electron chi connectivity index (χ0n) is 17.4. The summed E-state index contributed by atoms with van der Waals surface area (Å²) in [6, 6.07) is 15.2. The van der Waals surface area contributed by atoms with Crippen LogP contribution in [0.3, 0.4) is 0 Å². The summed E-state index contributed by atoms with van der Waals surface area (Å²) in [5.41, 5.74) is 1.39. The maximum atomic E-state index is 12.6. The van der Waals surface area contributed by atoms with E-state index in [1.54, 1.807) is 24.3 Å². The lowest BCUT2D eigenvalue weighted by atomic mass is 10.1. The van der Waals surface area contributed by atoms with Crippen molar-refractivity contribution in [3.05, 3.63) is 65.7 Å². The van der Waals surface area contributed by atoms with Gasteiger partial charge in [-0.15, -0.1) is 0 Å². The maximum absolute atomic E-state index is 12.6. The first kappa shape index (κ1) is 21.8. The number of nitrogens with one attached hydrogen (secondary N) is 1. The lowest BCUT2D eigenvalue weighted by Gasteiger charge is -2.23. The van der Waals surface area contributed by atoms with E-state index in [9.17, 15) is 19.5 Å². The van der Waals surface area contributed by atoms with Crippen LogP contribution in [0, 0.1) is 0 Å². The molecule has 2 aliphatic heterocycles. The van der Waals surface area contributed by atoms with Crippen molar-refractivity contribution in [3.8, 4) is 5.75 Å². The van der Waals surface area contributed by atoms with Crippen molar-refractivity contribution in [3.63, 3.8) is 0 Å². The molecule has 0 saturated carbocycles. The first-order valence-electron chi connectivity index (χ1n) is 10.3. The van der Waals surface area contributed by atoms with E-state index >= 15 is 0 Å². The van der Waals surface area contributed by atoms with Crippen molar-refractivity contribution in [2.45, 2.75) is 24.9 Å². The topological polar surface area (TPSA) is 114 Å². The van der Waals surface area contributed by atoms with Gasteiger partial charge in [0.05, 0.1) is 26.3 Å². The molecular weight excluding hydrogens is 416 g/mol. The highest BCUT2D eigenvalue weighted by Crippen LogP contribution is 2.34. The molecule has 9 heteroatoms. The van der Waals surface area contributed by atoms with Crippen LogP contribution < -0.4 is 10.1 Å². The minimum atomic E-state index is -1.13. The quantitative estimate of drug-likeness (QED) is 0.669. The van der Waals surface area contributed by atoms with Crippen molar-refractivity contribution in [1.29, 1.82) is 0 Å². The average Bonchev–Trinajstić information content (AvgIpc) is 3.44. The molecule has 2 heterocycles. The molecule has 9 nitrogen and oxygen atoms in total. The van der Waals surface area contributed by atoms with Crippen LogP contribution in [0.25, 0.3) is 0 Å². The number of amides is 2. The van der Waals surface area contributed by atoms with E-state index in [-0.39, 0.29) is 19.5 Å². The van der Waals surface area contributed by atoms with Gasteiger partial charge < -0.3 is 29.5 Å². The highest BCUT2D eigenvalue weighted by molar-refractivity contribution is 5.97. The molecule has 2 saturated heterocycles. The Morgan fingerprint density at radius 3 is 2.41 bits per heavy atom. The van der Waals surface area contributed by atoms with Gasteiger partial charge >= 0.3 is 5.97 Å². The van der Waals surface area contributed by atoms with Gasteiger partial charge in [-0.1, -0.05) is 30.3 Å². The third-order valence-corrected chi connectivity index (χ3v) is 5.48. The summed E-state index contributed by atoms with van der Waals surface area (Å²) in [7, 11) is 0. The predicted molar refractivity (Wildman–Crippen MR) is 112 cm³/mol. The molecule has 168 valence electrons. The maximum Gasteiger partial charge on any atom is 0.326 e. The molecule has 1 spiro atoms. The fourth-order valence-corrected chi connectivity index (χ4v) is 3.83. The van der Waals surface area contributed by atoms with Crippen LogP contribution in [-0.4, -0.2) is 65.9 Å². The van der Waals surface area contributed by atoms with Crippen molar-refractivity contribution < 1.29 is 33.7 Å². The molecule has 2 aromatic carbocycles. The Morgan fingerprint density at radius 1 is 1.06 bits per heavy atom. The molecule has 0 bridgehead atoms. The molecule has 2 aliphatic rings. The van der Waals surface area contributed by atoms with E-state index in [4.69, 9.17) is 14.2 Å². The Balaban J connectivity index is 1.30. The first-order chi connectivity index (χ1) is 15.5. The van der Waals surface area contributed by atoms with Gasteiger partial charge in [-0.3, -0.25) is 9.59 Å². The second-order valence-corrected chi connectivity index (χ2v) is 7.67. The fraction of sp³-hybridized carbons (Fsp3) is 0.348. The number of hydrogen-bond donors (Lipinski definition) is 2. The number of hydrogen-bond acceptors (Lipinski definition) is 6. The van der Waals surface area contributed by atoms with E-state index in [0.717, 1.165) is 5.56 Å². The lowest BCUT2D eigenvalue weighted by molar-refractivity contribution is -0.152. The summed E-state index contributed by atoms with van der Waals surface area (Å²) >= 11 is 0. The minimum absolute atomic E-state index is 0.0200. The number of rotatable bonds is 7. The predicted octanol–water partition coefficient (Wildman–Crippen LogP) is 1.42. The molecule has 2 N–H and O–H groups in total. The van der Waals surface area contributed by atoms with E-state index in [1.165, 1.54) is 4.90 Å². The summed E-state index contributed by atoms with van der Waals surface area (Å²) in [5, 5.41) is 12.0. The molecule has 0 unspecified atom stereocenters. The molecule has 4 rings (SSSR count). The van der Waals surface area contributed by atoms with Crippen LogP contribution in [0.1, 0.15) is 22.3 Å². The van der Waals surface area contributed by atoms with Crippen molar-refractivity contribution >= 4 is 17.8 Å². The Hall–Kier alpha value is -3.43. The summed E-state index contributed by atoms with van der Waals surface area (Å²) in [4.78, 5) is 37.8. The van der Waals surface area contributed by atoms with Gasteiger partial charge in [0, 0.05) is 12.0 Å². The number of carbonyl (C=O) groups is 3. The van der Waals surface area contributed by atoms with Crippen LogP contribution in [0.15, 0.2) is 54.6 Å². The second-order valence-electron chi connectivity index (χ2n) is 7.67. The number of likely N-dealkylation sites (tertiary alicyclic amines) is 1. The molecule has 0 aromatic heterocycles. The number of carbonyl (C=O) groups excluding carboxylic acids is 2. The third kappa shape index (κ3) is 4.90. The molecule has 0 radical (unpaired) electrons. The zero-order chi connectivity index (χ0) is 22.6. The van der Waals surface area contributed by atoms with Gasteiger partial charge in [-0.05, 0) is 29.8 Å². The number of carboxylic acids is 1. The molecule has 2 fully saturated rings. The highest BCUT2D eigenvalue weighted by atomic mass is 16.7. The monoisotopic (exact) mass is 440 g/mol. The van der Waals surface area contributed by atoms with Gasteiger partial charge in [0.15, 0.2) is 5.79 Å². The molecule has 1 atom stereocenters. The molecule has 2 aromatic rings. The van der Waals surface area contributed by atoms with Crippen LogP contribution in [-0.2, 0) is 25.7 Å². The molecule has 32 heavy (non-hydrogen) atoms. The smallest absolute Gasteiger partial charge is 0.326 e. The lowest BCUT2D eigenvalue weighted by Crippen LogP contribution is -2.46. The molecule has 0 aliphatic carbocycles. The van der Waals surface area contributed by atoms with Gasteiger partial charge in [0.25, 0.3) is 5.91 Å². The summed E-state index contributed by atoms with van der Waals surface area (Å²) in [6.07, 6.45) is 0.0620. The second kappa shape index (κ2) is 9.37. The summed E-state index contributed by atoms with van der Waals surface area (Å²) in [6.45, 7) is 0.819. The van der Waals surface area contributed by atoms with Gasteiger partial charge in [-0.25, -0.2) is 4.79 Å². The van der Waals surface area contributed by atoms with Gasteiger partial charge in [-0.2, -0.15) is 0 Å². The minimum Gasteiger partial charge on any atom is -0.489 e. The van der Waals surface area contributed by atoms with Gasteiger partial charge in [0.1, 0.15) is 18.4 Å². The van der Waals surface area contributed by atoms with E-state index in [0.29, 0.717) is 31.1 Å². The summed E-state index contributed by atoms with van der Waals surface area (Å²) < 4.78 is 16.8. The number of aliphatic carboxylic acids is 1. The van der Waals surface area contributed by atoms with Crippen LogP contribution >= 0.6 is 0 Å². The zero-order valence-corrected chi connectivity index (χ0v) is 17.4. The number of nitrogens with zero attached hydrogens (tertiary/aromatic N) is 1. The fourth-order valence-electron chi connectivity index (χ4n) is 3.83. The standard InChI is InChI=1S/C23H24N2O7/c26-20(25-15-23(31-10-11-32-23)12-19(25)22(28)29)13-24-21(27)17-6-8-18(9-7-17)30-14-16-4-2-1-3-5-16/h1-9,19H,10-15H2,(H,24,27)(H,28,29)/t19-/m0/s1. The van der Waals surface area contributed by atoms with Crippen LogP contribution in [0.2, 0.25) is 0 Å². The largest absolute Gasteiger partial charge is 0.489 e. The van der Waals surface area contributed by atoms with Crippen molar-refractivity contribution in [1.82, 2.24) is 10.2 Å². The number of carboxylic acid groups (broad SMARTS) is 1. The van der Waals surface area contributed by atoms with E-state index in [2.05, 4.69) is 5.32 Å². The van der Waals surface area contributed by atoms with E-state index in [1.807, 2.05) is 30.3 Å². The number of benzene rings is 2. The van der Waals surface area contributed by atoms with Crippen LogP contribution in [0.5, 0.6) is 5.75 Å². The van der Waals surface area contributed by atoms with Crippen molar-refractivity contribution in [2.75, 3.05) is 26.3 Å². The number of ether oxygens (including phenoxy) is 3. The van der Waals surface area contributed by atoms with Crippen molar-refractivity contribution in [2.24, 2.45) is 0 Å². The SMILES string of the molecule is O=C(NCC(=O)N1CC2(C[C@H]1C(=O)O)OCCO2)c1ccc(OCc2ccccc2)cc1. The Bertz CT molecular complexity index is 972. The Morgan fingerprint density at radius 2 is 1.75 bits per heavy atom. The first-order valence-corrected chi connectivity index (χ1v) is 10.3. The molecule has 2 amide bonds. The summed E-state index contributed by atoms with van der Waals surface area (Å²) in [5.74, 6) is -2.54. The van der Waals surface area contributed by atoms with Gasteiger partial charge in [0.2, 0.25) is 5.91 Å². The van der Waals surface area contributed by atoms with Crippen LogP contribution in [0.4, 0.5) is 0 Å². The Labute approximate surface area is 184 Å². The average molecular weight is 440 g/mol.